The molecule has 0 heterocycles. The van der Waals surface area contributed by atoms with Crippen molar-refractivity contribution in [3.8, 4) is 5.75 Å². The molecule has 0 radical (unpaired) electrons. The minimum Gasteiger partial charge on any atom is -0.508 e. The number of rotatable bonds is 2. The molecular formula is C14H28O3. The maximum absolute atomic E-state index is 8.96. The molecule has 0 fully saturated rings. The molecule has 0 atom stereocenters. The molecule has 0 amide bonds. The zero-order valence-corrected chi connectivity index (χ0v) is 12.0. The van der Waals surface area contributed by atoms with Crippen LogP contribution >= 0.6 is 0 Å². The van der Waals surface area contributed by atoms with Crippen LogP contribution in [0.4, 0.5) is 0 Å². The number of benzene rings is 1. The first-order valence-corrected chi connectivity index (χ1v) is 6.03. The second-order valence-electron chi connectivity index (χ2n) is 2.55. The van der Waals surface area contributed by atoms with Crippen molar-refractivity contribution in [3.05, 3.63) is 29.8 Å². The summed E-state index contributed by atoms with van der Waals surface area (Å²) < 4.78 is 4.25. The van der Waals surface area contributed by atoms with E-state index in [1.54, 1.807) is 32.4 Å². The number of hydrogen-bond donors (Lipinski definition) is 2. The fourth-order valence-corrected chi connectivity index (χ4v) is 0.841. The van der Waals surface area contributed by atoms with Crippen LogP contribution in [0, 0.1) is 0 Å². The fraction of sp³-hybridized carbons (Fsp3) is 0.571. The molecule has 0 aliphatic carbocycles. The molecule has 1 aromatic rings. The highest BCUT2D eigenvalue weighted by Gasteiger charge is 1.91. The van der Waals surface area contributed by atoms with Crippen LogP contribution in [0.3, 0.4) is 0 Å². The molecular weight excluding hydrogens is 216 g/mol. The number of aliphatic hydroxyl groups excluding tert-OH is 1. The second-order valence-corrected chi connectivity index (χ2v) is 2.55. The topological polar surface area (TPSA) is 49.7 Å². The van der Waals surface area contributed by atoms with E-state index in [2.05, 4.69) is 4.74 Å². The average Bonchev–Trinajstić information content (AvgIpc) is 2.36. The van der Waals surface area contributed by atoms with Gasteiger partial charge in [0.25, 0.3) is 0 Å². The second kappa shape index (κ2) is 20.4. The Morgan fingerprint density at radius 1 is 1.06 bits per heavy atom. The van der Waals surface area contributed by atoms with Gasteiger partial charge in [-0.25, -0.2) is 0 Å². The van der Waals surface area contributed by atoms with Crippen molar-refractivity contribution in [2.75, 3.05) is 20.8 Å². The van der Waals surface area contributed by atoms with E-state index in [0.717, 1.165) is 5.56 Å². The predicted molar refractivity (Wildman–Crippen MR) is 74.5 cm³/mol. The van der Waals surface area contributed by atoms with E-state index in [1.807, 2.05) is 33.8 Å². The Labute approximate surface area is 106 Å². The largest absolute Gasteiger partial charge is 0.508 e. The lowest BCUT2D eigenvalue weighted by molar-refractivity contribution is 0.277. The summed E-state index contributed by atoms with van der Waals surface area (Å²) in [6.45, 7) is 8.13. The minimum absolute atomic E-state index is 0.128. The van der Waals surface area contributed by atoms with Gasteiger partial charge in [-0.1, -0.05) is 39.8 Å². The third-order valence-electron chi connectivity index (χ3n) is 1.31. The van der Waals surface area contributed by atoms with Gasteiger partial charge >= 0.3 is 0 Å². The first-order valence-electron chi connectivity index (χ1n) is 6.03. The molecule has 0 aromatic heterocycles. The Morgan fingerprint density at radius 2 is 1.53 bits per heavy atom. The number of ether oxygens (including phenoxy) is 1. The van der Waals surface area contributed by atoms with E-state index in [1.165, 1.54) is 0 Å². The Balaban J connectivity index is -0.000000239. The van der Waals surface area contributed by atoms with Crippen LogP contribution in [0.5, 0.6) is 5.75 Å². The van der Waals surface area contributed by atoms with Crippen LogP contribution in [0.25, 0.3) is 0 Å². The monoisotopic (exact) mass is 244 g/mol. The van der Waals surface area contributed by atoms with Gasteiger partial charge in [-0.3, -0.25) is 0 Å². The van der Waals surface area contributed by atoms with E-state index in [4.69, 9.17) is 10.2 Å². The summed E-state index contributed by atoms with van der Waals surface area (Å²) in [6, 6.07) is 6.90. The number of aliphatic hydroxyl groups is 1. The molecule has 0 aliphatic heterocycles. The van der Waals surface area contributed by atoms with Crippen molar-refractivity contribution >= 4 is 0 Å². The molecule has 2 N–H and O–H groups in total. The summed E-state index contributed by atoms with van der Waals surface area (Å²) in [7, 11) is 3.25. The van der Waals surface area contributed by atoms with Crippen molar-refractivity contribution in [2.24, 2.45) is 0 Å². The van der Waals surface area contributed by atoms with Crippen molar-refractivity contribution in [1.29, 1.82) is 0 Å². The number of aromatic hydroxyl groups is 1. The predicted octanol–water partition coefficient (Wildman–Crippen LogP) is 3.24. The van der Waals surface area contributed by atoms with Crippen LogP contribution in [0.1, 0.15) is 33.3 Å². The highest BCUT2D eigenvalue weighted by Crippen LogP contribution is 2.10. The molecule has 17 heavy (non-hydrogen) atoms. The number of phenols is 1. The van der Waals surface area contributed by atoms with Crippen molar-refractivity contribution in [2.45, 2.75) is 34.1 Å². The van der Waals surface area contributed by atoms with Crippen LogP contribution in [0.2, 0.25) is 0 Å². The maximum atomic E-state index is 8.96. The summed E-state index contributed by atoms with van der Waals surface area (Å²) >= 11 is 0. The summed E-state index contributed by atoms with van der Waals surface area (Å²) in [5, 5.41) is 17.5. The molecule has 0 unspecified atom stereocenters. The maximum Gasteiger partial charge on any atom is 0.115 e. The van der Waals surface area contributed by atoms with Crippen LogP contribution < -0.4 is 0 Å². The molecule has 1 rings (SSSR count). The van der Waals surface area contributed by atoms with Crippen molar-refractivity contribution < 1.29 is 14.9 Å². The van der Waals surface area contributed by atoms with E-state index in [-0.39, 0.29) is 12.4 Å². The lowest BCUT2D eigenvalue weighted by Crippen LogP contribution is -1.88. The van der Waals surface area contributed by atoms with E-state index in [9.17, 15) is 0 Å². The molecule has 0 bridgehead atoms. The summed E-state index contributed by atoms with van der Waals surface area (Å²) in [5.74, 6) is 0.256. The van der Waals surface area contributed by atoms with Crippen LogP contribution in [0.15, 0.2) is 24.3 Å². The standard InChI is InChI=1S/C8H10O2.C2H6O.2C2H6/c9-5-4-7-2-1-3-8(10)6-7;1-3-2;2*1-2/h1-3,6,9-10H,4-5H2;1-2H3;2*1-2H3. The normalized spacial score (nSPS) is 7.47. The molecule has 3 heteroatoms. The summed E-state index contributed by atoms with van der Waals surface area (Å²) in [5.41, 5.74) is 0.961. The lowest BCUT2D eigenvalue weighted by Gasteiger charge is -1.96. The quantitative estimate of drug-likeness (QED) is 0.839. The summed E-state index contributed by atoms with van der Waals surface area (Å²) in [4.78, 5) is 0. The first kappa shape index (κ1) is 21.2. The smallest absolute Gasteiger partial charge is 0.115 e. The Morgan fingerprint density at radius 3 is 1.88 bits per heavy atom. The Bertz CT molecular complexity index is 224. The zero-order valence-electron chi connectivity index (χ0n) is 12.0. The van der Waals surface area contributed by atoms with Gasteiger partial charge in [0.05, 0.1) is 0 Å². The molecule has 3 nitrogen and oxygen atoms in total. The Hall–Kier alpha value is -1.06. The molecule has 0 aliphatic rings. The number of phenolic OH excluding ortho intramolecular Hbond substituents is 1. The van der Waals surface area contributed by atoms with E-state index < -0.39 is 0 Å². The van der Waals surface area contributed by atoms with Crippen LogP contribution in [-0.4, -0.2) is 31.0 Å². The van der Waals surface area contributed by atoms with Crippen molar-refractivity contribution in [3.63, 3.8) is 0 Å². The minimum atomic E-state index is 0.128. The van der Waals surface area contributed by atoms with Gasteiger partial charge in [-0.2, -0.15) is 0 Å². The Kier molecular flexibility index (Phi) is 25.5. The average molecular weight is 244 g/mol. The van der Waals surface area contributed by atoms with Gasteiger partial charge in [0.1, 0.15) is 5.75 Å². The van der Waals surface area contributed by atoms with Gasteiger partial charge in [0.2, 0.25) is 0 Å². The molecule has 0 spiro atoms. The van der Waals surface area contributed by atoms with Gasteiger partial charge in [0, 0.05) is 20.8 Å². The SMILES string of the molecule is CC.CC.COC.OCCc1cccc(O)c1. The van der Waals surface area contributed by atoms with Gasteiger partial charge < -0.3 is 14.9 Å². The van der Waals surface area contributed by atoms with Gasteiger partial charge in [-0.05, 0) is 24.1 Å². The molecule has 0 saturated heterocycles. The van der Waals surface area contributed by atoms with Crippen LogP contribution in [-0.2, 0) is 11.2 Å². The number of hydrogen-bond acceptors (Lipinski definition) is 3. The van der Waals surface area contributed by atoms with E-state index >= 15 is 0 Å². The third kappa shape index (κ3) is 17.5. The third-order valence-corrected chi connectivity index (χ3v) is 1.31. The molecule has 1 aromatic carbocycles. The van der Waals surface area contributed by atoms with Gasteiger partial charge in [-0.15, -0.1) is 0 Å². The van der Waals surface area contributed by atoms with Gasteiger partial charge in [0.15, 0.2) is 0 Å². The van der Waals surface area contributed by atoms with Crippen molar-refractivity contribution in [1.82, 2.24) is 0 Å². The number of methoxy groups -OCH3 is 1. The fourth-order valence-electron chi connectivity index (χ4n) is 0.841. The molecule has 102 valence electrons. The van der Waals surface area contributed by atoms with E-state index in [0.29, 0.717) is 6.42 Å². The summed E-state index contributed by atoms with van der Waals surface area (Å²) in [6.07, 6.45) is 0.606. The highest BCUT2D eigenvalue weighted by molar-refractivity contribution is 5.27. The first-order chi connectivity index (χ1) is 8.24. The molecule has 0 saturated carbocycles. The zero-order chi connectivity index (χ0) is 14.1. The highest BCUT2D eigenvalue weighted by atomic mass is 16.4. The lowest BCUT2D eigenvalue weighted by atomic mass is 10.1.